The fourth-order valence-corrected chi connectivity index (χ4v) is 4.33. The molecule has 2 unspecified atom stereocenters. The molecule has 0 spiro atoms. The average Bonchev–Trinajstić information content (AvgIpc) is 3.37. The van der Waals surface area contributed by atoms with Gasteiger partial charge in [0, 0.05) is 6.04 Å². The van der Waals surface area contributed by atoms with Crippen molar-refractivity contribution in [1.82, 2.24) is 14.9 Å². The molecule has 2 aliphatic heterocycles. The Labute approximate surface area is 197 Å². The first-order chi connectivity index (χ1) is 15.3. The van der Waals surface area contributed by atoms with E-state index in [0.29, 0.717) is 0 Å². The fraction of sp³-hybridized carbons (Fsp3) is 0.600. The zero-order valence-corrected chi connectivity index (χ0v) is 21.1. The molecule has 4 rings (SSSR count). The molecule has 8 heteroatoms. The average molecular weight is 453 g/mol. The van der Waals surface area contributed by atoms with Gasteiger partial charge >= 0.3 is 13.2 Å². The molecule has 2 atom stereocenters. The molecule has 2 fully saturated rings. The number of likely N-dealkylation sites (tertiary alicyclic amines) is 1. The number of H-pyrrole nitrogens is 1. The number of amides is 1. The van der Waals surface area contributed by atoms with Crippen LogP contribution in [0.25, 0.3) is 11.3 Å². The summed E-state index contributed by atoms with van der Waals surface area (Å²) in [6.45, 7) is 15.9. The van der Waals surface area contributed by atoms with Crippen LogP contribution in [0.3, 0.4) is 0 Å². The number of hydrogen-bond acceptors (Lipinski definition) is 5. The Morgan fingerprint density at radius 3 is 2.30 bits per heavy atom. The summed E-state index contributed by atoms with van der Waals surface area (Å²) < 4.78 is 18.0. The summed E-state index contributed by atoms with van der Waals surface area (Å²) in [6.07, 6.45) is 3.31. The van der Waals surface area contributed by atoms with E-state index in [0.717, 1.165) is 35.4 Å². The quantitative estimate of drug-likeness (QED) is 0.674. The number of nitrogens with zero attached hydrogens (tertiary/aromatic N) is 2. The van der Waals surface area contributed by atoms with Gasteiger partial charge in [-0.15, -0.1) is 0 Å². The second-order valence-corrected chi connectivity index (χ2v) is 11.2. The predicted octanol–water partition coefficient (Wildman–Crippen LogP) is 4.84. The summed E-state index contributed by atoms with van der Waals surface area (Å²) in [5.41, 5.74) is 1.65. The molecule has 178 valence electrons. The number of carbonyl (C=O) groups excluding carboxylic acids is 1. The van der Waals surface area contributed by atoms with Gasteiger partial charge in [0.15, 0.2) is 0 Å². The Bertz CT molecular complexity index is 993. The molecule has 7 nitrogen and oxygen atoms in total. The second-order valence-electron chi connectivity index (χ2n) is 11.2. The van der Waals surface area contributed by atoms with Gasteiger partial charge in [-0.1, -0.05) is 24.3 Å². The minimum Gasteiger partial charge on any atom is -0.444 e. The molecular formula is C25H36BN3O4. The third-order valence-corrected chi connectivity index (χ3v) is 6.93. The Hall–Kier alpha value is -2.32. The zero-order chi connectivity index (χ0) is 24.2. The van der Waals surface area contributed by atoms with Crippen LogP contribution in [0.15, 0.2) is 30.5 Å². The van der Waals surface area contributed by atoms with E-state index in [9.17, 15) is 4.79 Å². The number of aromatic amines is 1. The van der Waals surface area contributed by atoms with Crippen LogP contribution >= 0.6 is 0 Å². The molecule has 0 bridgehead atoms. The van der Waals surface area contributed by atoms with Crippen LogP contribution in [0.4, 0.5) is 4.79 Å². The molecule has 0 aliphatic carbocycles. The van der Waals surface area contributed by atoms with Crippen molar-refractivity contribution in [2.24, 2.45) is 0 Å². The van der Waals surface area contributed by atoms with Crippen LogP contribution in [0.5, 0.6) is 0 Å². The molecular weight excluding hydrogens is 417 g/mol. The van der Waals surface area contributed by atoms with Gasteiger partial charge in [0.1, 0.15) is 11.4 Å². The lowest BCUT2D eigenvalue weighted by Gasteiger charge is -2.32. The first kappa shape index (κ1) is 23.8. The lowest BCUT2D eigenvalue weighted by Crippen LogP contribution is -2.41. The molecule has 1 aromatic carbocycles. The van der Waals surface area contributed by atoms with Gasteiger partial charge in [-0.3, -0.25) is 4.90 Å². The van der Waals surface area contributed by atoms with Crippen LogP contribution in [0.1, 0.15) is 80.1 Å². The van der Waals surface area contributed by atoms with Crippen LogP contribution in [0, 0.1) is 0 Å². The number of ether oxygens (including phenoxy) is 1. The van der Waals surface area contributed by atoms with Crippen molar-refractivity contribution >= 4 is 18.7 Å². The normalized spacial score (nSPS) is 24.4. The molecule has 1 aromatic heterocycles. The highest BCUT2D eigenvalue weighted by Crippen LogP contribution is 2.38. The molecule has 2 saturated heterocycles. The number of aromatic nitrogens is 2. The van der Waals surface area contributed by atoms with Gasteiger partial charge < -0.3 is 19.0 Å². The third kappa shape index (κ3) is 4.69. The van der Waals surface area contributed by atoms with Crippen molar-refractivity contribution in [1.29, 1.82) is 0 Å². The molecule has 0 radical (unpaired) electrons. The number of nitrogens with one attached hydrogen (secondary N) is 1. The van der Waals surface area contributed by atoms with Crippen molar-refractivity contribution in [3.8, 4) is 11.3 Å². The van der Waals surface area contributed by atoms with E-state index in [-0.39, 0.29) is 36.5 Å². The van der Waals surface area contributed by atoms with E-state index >= 15 is 0 Å². The highest BCUT2D eigenvalue weighted by molar-refractivity contribution is 6.62. The SMILES string of the molecule is CC1CCC(c2ncc(-c3ccc(B4OC(C)(C)C(C)(C)O4)cc3)[nH]2)N1C(=O)OC(C)(C)C. The Morgan fingerprint density at radius 1 is 1.12 bits per heavy atom. The van der Waals surface area contributed by atoms with Crippen molar-refractivity contribution < 1.29 is 18.8 Å². The summed E-state index contributed by atoms with van der Waals surface area (Å²) in [6, 6.07) is 8.14. The topological polar surface area (TPSA) is 76.7 Å². The monoisotopic (exact) mass is 453 g/mol. The van der Waals surface area contributed by atoms with E-state index in [1.54, 1.807) is 0 Å². The highest BCUT2D eigenvalue weighted by atomic mass is 16.7. The fourth-order valence-electron chi connectivity index (χ4n) is 4.33. The summed E-state index contributed by atoms with van der Waals surface area (Å²) in [4.78, 5) is 22.7. The van der Waals surface area contributed by atoms with Crippen molar-refractivity contribution in [2.45, 2.75) is 97.1 Å². The molecule has 33 heavy (non-hydrogen) atoms. The standard InChI is InChI=1S/C25H36BN3O4/c1-16-9-14-20(29(16)22(30)31-23(2,3)4)21-27-15-19(28-21)17-10-12-18(13-11-17)26-32-24(5,6)25(7,8)33-26/h10-13,15-16,20H,9,14H2,1-8H3,(H,27,28). The highest BCUT2D eigenvalue weighted by Gasteiger charge is 2.51. The van der Waals surface area contributed by atoms with Gasteiger partial charge in [-0.25, -0.2) is 9.78 Å². The minimum absolute atomic E-state index is 0.109. The van der Waals surface area contributed by atoms with Gasteiger partial charge in [0.2, 0.25) is 0 Å². The molecule has 0 saturated carbocycles. The lowest BCUT2D eigenvalue weighted by atomic mass is 9.79. The summed E-state index contributed by atoms with van der Waals surface area (Å²) in [7, 11) is -0.385. The molecule has 3 heterocycles. The van der Waals surface area contributed by atoms with Gasteiger partial charge in [0.25, 0.3) is 0 Å². The molecule has 1 N–H and O–H groups in total. The van der Waals surface area contributed by atoms with E-state index in [1.807, 2.05) is 56.1 Å². The van der Waals surface area contributed by atoms with E-state index in [2.05, 4.69) is 44.6 Å². The minimum atomic E-state index is -0.531. The van der Waals surface area contributed by atoms with E-state index < -0.39 is 5.60 Å². The van der Waals surface area contributed by atoms with Crippen molar-refractivity contribution in [2.75, 3.05) is 0 Å². The van der Waals surface area contributed by atoms with Crippen molar-refractivity contribution in [3.63, 3.8) is 0 Å². The maximum atomic E-state index is 12.8. The summed E-state index contributed by atoms with van der Waals surface area (Å²) >= 11 is 0. The maximum absolute atomic E-state index is 12.8. The van der Waals surface area contributed by atoms with Gasteiger partial charge in [0.05, 0.1) is 29.1 Å². The first-order valence-corrected chi connectivity index (χ1v) is 11.8. The molecule has 2 aliphatic rings. The Morgan fingerprint density at radius 2 is 1.73 bits per heavy atom. The number of rotatable bonds is 3. The van der Waals surface area contributed by atoms with Crippen LogP contribution in [0.2, 0.25) is 0 Å². The van der Waals surface area contributed by atoms with Gasteiger partial charge in [-0.2, -0.15) is 0 Å². The molecule has 2 aromatic rings. The first-order valence-electron chi connectivity index (χ1n) is 11.8. The predicted molar refractivity (Wildman–Crippen MR) is 129 cm³/mol. The smallest absolute Gasteiger partial charge is 0.444 e. The molecule has 1 amide bonds. The summed E-state index contributed by atoms with van der Waals surface area (Å²) in [5.74, 6) is 0.787. The number of hydrogen-bond donors (Lipinski definition) is 1. The zero-order valence-electron chi connectivity index (χ0n) is 21.1. The van der Waals surface area contributed by atoms with Crippen molar-refractivity contribution in [3.05, 3.63) is 36.3 Å². The lowest BCUT2D eigenvalue weighted by molar-refractivity contribution is 0.00578. The second kappa shape index (κ2) is 8.17. The van der Waals surface area contributed by atoms with Crippen LogP contribution < -0.4 is 5.46 Å². The van der Waals surface area contributed by atoms with Crippen LogP contribution in [-0.2, 0) is 14.0 Å². The number of imidazole rings is 1. The maximum Gasteiger partial charge on any atom is 0.494 e. The number of benzene rings is 1. The number of carbonyl (C=O) groups is 1. The Balaban J connectivity index is 1.50. The van der Waals surface area contributed by atoms with Crippen LogP contribution in [-0.4, -0.2) is 50.9 Å². The van der Waals surface area contributed by atoms with E-state index in [1.165, 1.54) is 0 Å². The third-order valence-electron chi connectivity index (χ3n) is 6.93. The summed E-state index contributed by atoms with van der Waals surface area (Å²) in [5, 5.41) is 0. The van der Waals surface area contributed by atoms with E-state index in [4.69, 9.17) is 14.0 Å². The van der Waals surface area contributed by atoms with Gasteiger partial charge in [-0.05, 0) is 79.3 Å². The largest absolute Gasteiger partial charge is 0.494 e. The Kier molecular flexibility index (Phi) is 5.90.